The summed E-state index contributed by atoms with van der Waals surface area (Å²) in [4.78, 5) is 22.7. The third-order valence-corrected chi connectivity index (χ3v) is 3.43. The molecule has 0 aliphatic heterocycles. The molecule has 0 spiro atoms. The van der Waals surface area contributed by atoms with Crippen LogP contribution in [0.2, 0.25) is 0 Å². The number of amides is 1. The third-order valence-electron chi connectivity index (χ3n) is 2.47. The fourth-order valence-electron chi connectivity index (χ4n) is 1.55. The molecule has 0 bridgehead atoms. The van der Waals surface area contributed by atoms with Crippen LogP contribution in [0.15, 0.2) is 35.7 Å². The lowest BCUT2D eigenvalue weighted by Gasteiger charge is -2.07. The maximum Gasteiger partial charge on any atom is 0.275 e. The first kappa shape index (κ1) is 13.3. The lowest BCUT2D eigenvalue weighted by molar-refractivity contribution is 0.0955. The van der Waals surface area contributed by atoms with Gasteiger partial charge in [-0.2, -0.15) is 0 Å². The number of aldehydes is 1. The zero-order valence-electron chi connectivity index (χ0n) is 9.96. The van der Waals surface area contributed by atoms with Gasteiger partial charge in [-0.3, -0.25) is 15.0 Å². The van der Waals surface area contributed by atoms with Crippen molar-refractivity contribution in [3.05, 3.63) is 51.7 Å². The maximum atomic E-state index is 11.5. The molecule has 0 unspecified atom stereocenters. The predicted octanol–water partition coefficient (Wildman–Crippen LogP) is 1.74. The number of nitrogens with one attached hydrogen (secondary N) is 1. The molecule has 3 N–H and O–H groups in total. The number of carbonyl (C=O) groups is 2. The smallest absolute Gasteiger partial charge is 0.275 e. The van der Waals surface area contributed by atoms with Gasteiger partial charge >= 0.3 is 0 Å². The Labute approximate surface area is 114 Å². The van der Waals surface area contributed by atoms with E-state index < -0.39 is 0 Å². The minimum Gasteiger partial charge on any atom is -0.489 e. The van der Waals surface area contributed by atoms with Crippen molar-refractivity contribution >= 4 is 23.5 Å². The molecule has 2 aromatic rings. The molecule has 0 fully saturated rings. The van der Waals surface area contributed by atoms with Crippen molar-refractivity contribution in [3.8, 4) is 5.75 Å². The normalized spacial score (nSPS) is 9.95. The fraction of sp³-hybridized carbons (Fsp3) is 0.0769. The molecular weight excluding hydrogens is 264 g/mol. The third kappa shape index (κ3) is 3.18. The minimum atomic E-state index is -0.338. The van der Waals surface area contributed by atoms with Gasteiger partial charge in [-0.1, -0.05) is 12.1 Å². The molecule has 1 aromatic heterocycles. The second kappa shape index (κ2) is 6.12. The van der Waals surface area contributed by atoms with E-state index in [1.807, 2.05) is 0 Å². The SMILES string of the molecule is NNC(=O)c1sccc1COc1cccc(C=O)c1. The summed E-state index contributed by atoms with van der Waals surface area (Å²) in [6, 6.07) is 8.63. The van der Waals surface area contributed by atoms with E-state index in [-0.39, 0.29) is 12.5 Å². The number of thiophene rings is 1. The average molecular weight is 276 g/mol. The predicted molar refractivity (Wildman–Crippen MR) is 72.1 cm³/mol. The van der Waals surface area contributed by atoms with Gasteiger partial charge in [0.25, 0.3) is 5.91 Å². The molecule has 0 saturated carbocycles. The number of hydrazine groups is 1. The second-order valence-corrected chi connectivity index (χ2v) is 4.64. The van der Waals surface area contributed by atoms with E-state index in [1.165, 1.54) is 11.3 Å². The lowest BCUT2D eigenvalue weighted by Crippen LogP contribution is -2.30. The summed E-state index contributed by atoms with van der Waals surface area (Å²) in [5, 5.41) is 1.80. The molecule has 6 heteroatoms. The lowest BCUT2D eigenvalue weighted by atomic mass is 10.2. The standard InChI is InChI=1S/C13H12N2O3S/c14-15-13(17)12-10(4-5-19-12)8-18-11-3-1-2-9(6-11)7-16/h1-7H,8,14H2,(H,15,17). The van der Waals surface area contributed by atoms with Crippen LogP contribution in [0.1, 0.15) is 25.6 Å². The van der Waals surface area contributed by atoms with Crippen LogP contribution in [-0.2, 0) is 6.61 Å². The van der Waals surface area contributed by atoms with Crippen LogP contribution in [0.3, 0.4) is 0 Å². The number of benzene rings is 1. The Bertz CT molecular complexity index is 595. The summed E-state index contributed by atoms with van der Waals surface area (Å²) in [5.74, 6) is 5.35. The Hall–Kier alpha value is -2.18. The number of ether oxygens (including phenoxy) is 1. The molecule has 0 saturated heterocycles. The zero-order chi connectivity index (χ0) is 13.7. The highest BCUT2D eigenvalue weighted by Crippen LogP contribution is 2.20. The van der Waals surface area contributed by atoms with Crippen LogP contribution in [0.4, 0.5) is 0 Å². The van der Waals surface area contributed by atoms with Crippen molar-refractivity contribution in [1.82, 2.24) is 5.43 Å². The summed E-state index contributed by atoms with van der Waals surface area (Å²) < 4.78 is 5.56. The molecule has 0 radical (unpaired) electrons. The van der Waals surface area contributed by atoms with Crippen molar-refractivity contribution in [2.24, 2.45) is 5.84 Å². The largest absolute Gasteiger partial charge is 0.489 e. The Morgan fingerprint density at radius 2 is 2.26 bits per heavy atom. The van der Waals surface area contributed by atoms with E-state index in [4.69, 9.17) is 10.6 Å². The molecule has 0 aliphatic rings. The number of hydrogen-bond donors (Lipinski definition) is 2. The fourth-order valence-corrected chi connectivity index (χ4v) is 2.37. The minimum absolute atomic E-state index is 0.245. The molecule has 0 aliphatic carbocycles. The Kier molecular flexibility index (Phi) is 4.27. The zero-order valence-corrected chi connectivity index (χ0v) is 10.8. The Balaban J connectivity index is 2.08. The van der Waals surface area contributed by atoms with Gasteiger partial charge in [-0.15, -0.1) is 11.3 Å². The summed E-state index contributed by atoms with van der Waals surface area (Å²) in [5.41, 5.74) is 3.39. The first-order valence-corrected chi connectivity index (χ1v) is 6.38. The molecular formula is C13H12N2O3S. The van der Waals surface area contributed by atoms with Crippen LogP contribution in [0.25, 0.3) is 0 Å². The van der Waals surface area contributed by atoms with Gasteiger partial charge < -0.3 is 4.74 Å². The Morgan fingerprint density at radius 1 is 1.42 bits per heavy atom. The molecule has 1 amide bonds. The van der Waals surface area contributed by atoms with Crippen LogP contribution < -0.4 is 16.0 Å². The van der Waals surface area contributed by atoms with Gasteiger partial charge in [0.1, 0.15) is 18.6 Å². The first-order valence-electron chi connectivity index (χ1n) is 5.50. The average Bonchev–Trinajstić information content (AvgIpc) is 2.93. The molecule has 2 rings (SSSR count). The van der Waals surface area contributed by atoms with E-state index >= 15 is 0 Å². The molecule has 1 aromatic carbocycles. The molecule has 5 nitrogen and oxygen atoms in total. The molecule has 19 heavy (non-hydrogen) atoms. The van der Waals surface area contributed by atoms with Crippen LogP contribution >= 0.6 is 11.3 Å². The maximum absolute atomic E-state index is 11.5. The van der Waals surface area contributed by atoms with Crippen molar-refractivity contribution in [1.29, 1.82) is 0 Å². The molecule has 1 heterocycles. The summed E-state index contributed by atoms with van der Waals surface area (Å²) in [6.07, 6.45) is 0.755. The number of nitrogen functional groups attached to an aromatic ring is 1. The van der Waals surface area contributed by atoms with E-state index in [2.05, 4.69) is 5.43 Å². The van der Waals surface area contributed by atoms with E-state index in [9.17, 15) is 9.59 Å². The monoisotopic (exact) mass is 276 g/mol. The number of carbonyl (C=O) groups excluding carboxylic acids is 2. The second-order valence-electron chi connectivity index (χ2n) is 3.73. The number of rotatable bonds is 5. The molecule has 0 atom stereocenters. The number of hydrogen-bond acceptors (Lipinski definition) is 5. The van der Waals surface area contributed by atoms with Crippen LogP contribution in [0.5, 0.6) is 5.75 Å². The first-order chi connectivity index (χ1) is 9.24. The van der Waals surface area contributed by atoms with Gasteiger partial charge in [0.2, 0.25) is 0 Å². The highest BCUT2D eigenvalue weighted by molar-refractivity contribution is 7.12. The highest BCUT2D eigenvalue weighted by atomic mass is 32.1. The van der Waals surface area contributed by atoms with Crippen LogP contribution in [-0.4, -0.2) is 12.2 Å². The van der Waals surface area contributed by atoms with E-state index in [0.29, 0.717) is 16.2 Å². The van der Waals surface area contributed by atoms with Crippen LogP contribution in [0, 0.1) is 0 Å². The van der Waals surface area contributed by atoms with E-state index in [0.717, 1.165) is 11.8 Å². The summed E-state index contributed by atoms with van der Waals surface area (Å²) in [7, 11) is 0. The summed E-state index contributed by atoms with van der Waals surface area (Å²) >= 11 is 1.30. The van der Waals surface area contributed by atoms with Gasteiger partial charge in [-0.05, 0) is 23.6 Å². The van der Waals surface area contributed by atoms with Crippen molar-refractivity contribution in [2.75, 3.05) is 0 Å². The van der Waals surface area contributed by atoms with Crippen molar-refractivity contribution in [3.63, 3.8) is 0 Å². The topological polar surface area (TPSA) is 81.4 Å². The Morgan fingerprint density at radius 3 is 3.00 bits per heavy atom. The van der Waals surface area contributed by atoms with Gasteiger partial charge in [0.15, 0.2) is 0 Å². The quantitative estimate of drug-likeness (QED) is 0.377. The van der Waals surface area contributed by atoms with Gasteiger partial charge in [0, 0.05) is 11.1 Å². The highest BCUT2D eigenvalue weighted by Gasteiger charge is 2.12. The van der Waals surface area contributed by atoms with Crippen molar-refractivity contribution < 1.29 is 14.3 Å². The van der Waals surface area contributed by atoms with Crippen molar-refractivity contribution in [2.45, 2.75) is 6.61 Å². The summed E-state index contributed by atoms with van der Waals surface area (Å²) in [6.45, 7) is 0.245. The molecule has 98 valence electrons. The van der Waals surface area contributed by atoms with Gasteiger partial charge in [0.05, 0.1) is 4.88 Å². The van der Waals surface area contributed by atoms with Gasteiger partial charge in [-0.25, -0.2) is 5.84 Å². The van der Waals surface area contributed by atoms with E-state index in [1.54, 1.807) is 35.7 Å². The number of nitrogens with two attached hydrogens (primary N) is 1.